The summed E-state index contributed by atoms with van der Waals surface area (Å²) in [6.45, 7) is 7.37. The van der Waals surface area contributed by atoms with Gasteiger partial charge in [-0.15, -0.1) is 0 Å². The first kappa shape index (κ1) is 13.2. The van der Waals surface area contributed by atoms with Crippen LogP contribution in [0.4, 0.5) is 0 Å². The number of aliphatic hydroxyl groups excluding tert-OH is 1. The predicted molar refractivity (Wildman–Crippen MR) is 65.2 cm³/mol. The van der Waals surface area contributed by atoms with Crippen molar-refractivity contribution in [2.45, 2.75) is 52.2 Å². The van der Waals surface area contributed by atoms with E-state index in [2.05, 4.69) is 31.2 Å². The molecule has 1 unspecified atom stereocenters. The van der Waals surface area contributed by atoms with Crippen molar-refractivity contribution in [3.05, 3.63) is 18.0 Å². The molecule has 92 valence electrons. The molecule has 1 aromatic heterocycles. The van der Waals surface area contributed by atoms with Crippen LogP contribution in [0, 0.1) is 0 Å². The highest BCUT2D eigenvalue weighted by Gasteiger charge is 2.06. The van der Waals surface area contributed by atoms with Gasteiger partial charge in [-0.1, -0.05) is 6.92 Å². The van der Waals surface area contributed by atoms with Crippen molar-refractivity contribution in [2.24, 2.45) is 0 Å². The van der Waals surface area contributed by atoms with Crippen molar-refractivity contribution in [2.75, 3.05) is 6.61 Å². The Labute approximate surface area is 97.7 Å². The second-order valence-corrected chi connectivity index (χ2v) is 4.38. The van der Waals surface area contributed by atoms with E-state index in [4.69, 9.17) is 5.11 Å². The Morgan fingerprint density at radius 3 is 2.75 bits per heavy atom. The molecular weight excluding hydrogens is 202 g/mol. The lowest BCUT2D eigenvalue weighted by Crippen LogP contribution is -2.29. The van der Waals surface area contributed by atoms with E-state index in [9.17, 15) is 0 Å². The van der Waals surface area contributed by atoms with Gasteiger partial charge in [-0.2, -0.15) is 5.10 Å². The highest BCUT2D eigenvalue weighted by Crippen LogP contribution is 2.05. The van der Waals surface area contributed by atoms with E-state index in [1.807, 2.05) is 16.9 Å². The summed E-state index contributed by atoms with van der Waals surface area (Å²) >= 11 is 0. The molecule has 0 amide bonds. The highest BCUT2D eigenvalue weighted by molar-refractivity contribution is 4.99. The maximum atomic E-state index is 8.88. The minimum Gasteiger partial charge on any atom is -0.396 e. The summed E-state index contributed by atoms with van der Waals surface area (Å²) in [6, 6.07) is 2.83. The average molecular weight is 225 g/mol. The Kier molecular flexibility index (Phi) is 5.49. The highest BCUT2D eigenvalue weighted by atomic mass is 16.3. The van der Waals surface area contributed by atoms with Crippen LogP contribution in [0.25, 0.3) is 0 Å². The molecule has 2 N–H and O–H groups in total. The lowest BCUT2D eigenvalue weighted by Gasteiger charge is -2.14. The first-order valence-electron chi connectivity index (χ1n) is 6.05. The maximum absolute atomic E-state index is 8.88. The van der Waals surface area contributed by atoms with Crippen molar-refractivity contribution < 1.29 is 5.11 Å². The molecule has 0 spiro atoms. The molecule has 0 saturated carbocycles. The smallest absolute Gasteiger partial charge is 0.0762 e. The molecule has 0 aliphatic carbocycles. The molecule has 0 aromatic carbocycles. The largest absolute Gasteiger partial charge is 0.396 e. The van der Waals surface area contributed by atoms with Crippen LogP contribution in [0.15, 0.2) is 12.3 Å². The Bertz CT molecular complexity index is 296. The molecule has 0 bridgehead atoms. The maximum Gasteiger partial charge on any atom is 0.0762 e. The minimum absolute atomic E-state index is 0.242. The normalized spacial score (nSPS) is 13.3. The number of hydrogen-bond donors (Lipinski definition) is 2. The van der Waals surface area contributed by atoms with Gasteiger partial charge >= 0.3 is 0 Å². The van der Waals surface area contributed by atoms with Gasteiger partial charge in [0.15, 0.2) is 0 Å². The van der Waals surface area contributed by atoms with Gasteiger partial charge in [-0.3, -0.25) is 4.68 Å². The molecule has 4 heteroatoms. The van der Waals surface area contributed by atoms with Crippen LogP contribution in [0.3, 0.4) is 0 Å². The second-order valence-electron chi connectivity index (χ2n) is 4.38. The van der Waals surface area contributed by atoms with Gasteiger partial charge in [0.25, 0.3) is 0 Å². The zero-order chi connectivity index (χ0) is 12.0. The molecule has 0 saturated heterocycles. The molecule has 1 atom stereocenters. The van der Waals surface area contributed by atoms with Gasteiger partial charge in [0.2, 0.25) is 0 Å². The third-order valence-electron chi connectivity index (χ3n) is 2.73. The van der Waals surface area contributed by atoms with Gasteiger partial charge in [-0.25, -0.2) is 0 Å². The number of aliphatic hydroxyl groups is 1. The van der Waals surface area contributed by atoms with E-state index < -0.39 is 0 Å². The predicted octanol–water partition coefficient (Wildman–Crippen LogP) is 1.71. The number of nitrogens with one attached hydrogen (secondary N) is 1. The quantitative estimate of drug-likeness (QED) is 0.743. The molecule has 0 radical (unpaired) electrons. The minimum atomic E-state index is 0.242. The van der Waals surface area contributed by atoms with Crippen LogP contribution in [-0.2, 0) is 6.54 Å². The molecular formula is C12H23N3O. The fraction of sp³-hybridized carbons (Fsp3) is 0.750. The summed E-state index contributed by atoms with van der Waals surface area (Å²) in [6.07, 6.45) is 3.85. The molecule has 16 heavy (non-hydrogen) atoms. The topological polar surface area (TPSA) is 50.1 Å². The van der Waals surface area contributed by atoms with Crippen LogP contribution in [0.1, 0.15) is 45.3 Å². The van der Waals surface area contributed by atoms with Crippen molar-refractivity contribution in [3.8, 4) is 0 Å². The third kappa shape index (κ3) is 3.94. The van der Waals surface area contributed by atoms with E-state index in [0.717, 1.165) is 25.1 Å². The monoisotopic (exact) mass is 225 g/mol. The molecule has 0 aliphatic heterocycles. The number of hydrogen-bond acceptors (Lipinski definition) is 3. The summed E-state index contributed by atoms with van der Waals surface area (Å²) in [5.74, 6) is 0. The summed E-state index contributed by atoms with van der Waals surface area (Å²) in [5, 5.41) is 16.8. The molecule has 4 nitrogen and oxygen atoms in total. The standard InChI is InChI=1S/C12H23N3O/c1-4-11(6-8-16)13-9-12-5-7-15(14-12)10(2)3/h5,7,10-11,13,16H,4,6,8-9H2,1-3H3. The Morgan fingerprint density at radius 1 is 1.50 bits per heavy atom. The van der Waals surface area contributed by atoms with E-state index in [0.29, 0.717) is 12.1 Å². The average Bonchev–Trinajstić information content (AvgIpc) is 2.73. The van der Waals surface area contributed by atoms with E-state index >= 15 is 0 Å². The number of nitrogens with zero attached hydrogens (tertiary/aromatic N) is 2. The Hall–Kier alpha value is -0.870. The second kappa shape index (κ2) is 6.66. The Morgan fingerprint density at radius 2 is 2.25 bits per heavy atom. The zero-order valence-corrected chi connectivity index (χ0v) is 10.5. The summed E-state index contributed by atoms with van der Waals surface area (Å²) in [4.78, 5) is 0. The van der Waals surface area contributed by atoms with Gasteiger partial charge < -0.3 is 10.4 Å². The van der Waals surface area contributed by atoms with Gasteiger partial charge in [0, 0.05) is 31.4 Å². The third-order valence-corrected chi connectivity index (χ3v) is 2.73. The van der Waals surface area contributed by atoms with Crippen LogP contribution >= 0.6 is 0 Å². The fourth-order valence-corrected chi connectivity index (χ4v) is 1.61. The van der Waals surface area contributed by atoms with Gasteiger partial charge in [0.1, 0.15) is 0 Å². The molecule has 1 aromatic rings. The van der Waals surface area contributed by atoms with Crippen molar-refractivity contribution in [1.82, 2.24) is 15.1 Å². The van der Waals surface area contributed by atoms with Crippen LogP contribution in [0.2, 0.25) is 0 Å². The van der Waals surface area contributed by atoms with Crippen LogP contribution in [0.5, 0.6) is 0 Å². The summed E-state index contributed by atoms with van der Waals surface area (Å²) in [5.41, 5.74) is 1.06. The zero-order valence-electron chi connectivity index (χ0n) is 10.5. The van der Waals surface area contributed by atoms with Crippen molar-refractivity contribution >= 4 is 0 Å². The van der Waals surface area contributed by atoms with E-state index in [1.165, 1.54) is 0 Å². The number of rotatable bonds is 7. The first-order valence-corrected chi connectivity index (χ1v) is 6.05. The van der Waals surface area contributed by atoms with Crippen LogP contribution in [-0.4, -0.2) is 27.5 Å². The van der Waals surface area contributed by atoms with Gasteiger partial charge in [0.05, 0.1) is 5.69 Å². The SMILES string of the molecule is CCC(CCO)NCc1ccn(C(C)C)n1. The number of aromatic nitrogens is 2. The fourth-order valence-electron chi connectivity index (χ4n) is 1.61. The van der Waals surface area contributed by atoms with E-state index in [1.54, 1.807) is 0 Å². The molecule has 0 fully saturated rings. The first-order chi connectivity index (χ1) is 7.67. The van der Waals surface area contributed by atoms with Gasteiger partial charge in [-0.05, 0) is 32.8 Å². The van der Waals surface area contributed by atoms with Crippen molar-refractivity contribution in [3.63, 3.8) is 0 Å². The van der Waals surface area contributed by atoms with E-state index in [-0.39, 0.29) is 6.61 Å². The van der Waals surface area contributed by atoms with Crippen molar-refractivity contribution in [1.29, 1.82) is 0 Å². The summed E-state index contributed by atoms with van der Waals surface area (Å²) < 4.78 is 1.96. The lowest BCUT2D eigenvalue weighted by molar-refractivity contribution is 0.261. The molecule has 1 heterocycles. The molecule has 0 aliphatic rings. The summed E-state index contributed by atoms with van der Waals surface area (Å²) in [7, 11) is 0. The lowest BCUT2D eigenvalue weighted by atomic mass is 10.1. The molecule has 1 rings (SSSR count). The van der Waals surface area contributed by atoms with Crippen LogP contribution < -0.4 is 5.32 Å². The Balaban J connectivity index is 2.41.